The second-order valence-corrected chi connectivity index (χ2v) is 6.09. The molecule has 3 rings (SSSR count). The van der Waals surface area contributed by atoms with Crippen LogP contribution in [0.15, 0.2) is 35.7 Å². The van der Waals surface area contributed by atoms with E-state index in [0.29, 0.717) is 0 Å². The van der Waals surface area contributed by atoms with Crippen molar-refractivity contribution in [1.82, 2.24) is 4.57 Å². The topological polar surface area (TPSA) is 60.3 Å². The Morgan fingerprint density at radius 3 is 2.72 bits per heavy atom. The molecule has 2 heterocycles. The van der Waals surface area contributed by atoms with E-state index in [4.69, 9.17) is 4.74 Å². The average molecular weight is 364 g/mol. The van der Waals surface area contributed by atoms with Crippen LogP contribution < -0.4 is 5.32 Å². The molecule has 0 aliphatic heterocycles. The second-order valence-electron chi connectivity index (χ2n) is 5.19. The molecule has 8 heteroatoms. The van der Waals surface area contributed by atoms with Crippen molar-refractivity contribution in [3.05, 3.63) is 53.0 Å². The van der Waals surface area contributed by atoms with E-state index in [0.717, 1.165) is 22.3 Å². The highest BCUT2D eigenvalue weighted by molar-refractivity contribution is 7.16. The van der Waals surface area contributed by atoms with E-state index in [9.17, 15) is 18.4 Å². The molecular formula is C17H14F2N2O3S. The van der Waals surface area contributed by atoms with Gasteiger partial charge >= 0.3 is 5.97 Å². The standard InChI is InChI=1S/C17H14F2N2O3S/c1-2-24-17(23)14-7-10-5-6-25-16(10)21(14)9-15(22)20-11-3-4-12(18)13(19)8-11/h3-8H,2,9H2,1H3,(H,20,22). The number of hydrogen-bond acceptors (Lipinski definition) is 4. The monoisotopic (exact) mass is 364 g/mol. The van der Waals surface area contributed by atoms with Crippen molar-refractivity contribution in [2.24, 2.45) is 0 Å². The van der Waals surface area contributed by atoms with Gasteiger partial charge in [-0.05, 0) is 36.6 Å². The van der Waals surface area contributed by atoms with Crippen LogP contribution in [0.1, 0.15) is 17.4 Å². The lowest BCUT2D eigenvalue weighted by Gasteiger charge is -2.10. The van der Waals surface area contributed by atoms with E-state index in [1.165, 1.54) is 17.4 Å². The fourth-order valence-corrected chi connectivity index (χ4v) is 3.32. The molecule has 0 atom stereocenters. The first kappa shape index (κ1) is 17.1. The Hall–Kier alpha value is -2.74. The summed E-state index contributed by atoms with van der Waals surface area (Å²) in [6.45, 7) is 1.76. The number of rotatable bonds is 5. The predicted octanol–water partition coefficient (Wildman–Crippen LogP) is 3.80. The van der Waals surface area contributed by atoms with Crippen LogP contribution in [0.5, 0.6) is 0 Å². The number of amides is 1. The summed E-state index contributed by atoms with van der Waals surface area (Å²) in [5.41, 5.74) is 0.403. The number of aromatic nitrogens is 1. The van der Waals surface area contributed by atoms with Gasteiger partial charge in [-0.3, -0.25) is 4.79 Å². The molecule has 3 aromatic rings. The third-order valence-corrected chi connectivity index (χ3v) is 4.44. The summed E-state index contributed by atoms with van der Waals surface area (Å²) >= 11 is 1.39. The highest BCUT2D eigenvalue weighted by Crippen LogP contribution is 2.26. The molecule has 5 nitrogen and oxygen atoms in total. The molecule has 0 bridgehead atoms. The fraction of sp³-hybridized carbons (Fsp3) is 0.176. The van der Waals surface area contributed by atoms with Gasteiger partial charge in [0.25, 0.3) is 0 Å². The lowest BCUT2D eigenvalue weighted by molar-refractivity contribution is -0.116. The number of benzene rings is 1. The van der Waals surface area contributed by atoms with E-state index in [2.05, 4.69) is 5.32 Å². The first-order valence-electron chi connectivity index (χ1n) is 7.48. The number of fused-ring (bicyclic) bond motifs is 1. The van der Waals surface area contributed by atoms with E-state index in [1.807, 2.05) is 11.4 Å². The first-order chi connectivity index (χ1) is 12.0. The summed E-state index contributed by atoms with van der Waals surface area (Å²) in [5.74, 6) is -3.03. The van der Waals surface area contributed by atoms with E-state index < -0.39 is 23.5 Å². The maximum atomic E-state index is 13.2. The molecule has 1 amide bonds. The molecule has 0 spiro atoms. The highest BCUT2D eigenvalue weighted by atomic mass is 32.1. The molecule has 0 unspecified atom stereocenters. The Morgan fingerprint density at radius 2 is 2.00 bits per heavy atom. The van der Waals surface area contributed by atoms with Gasteiger partial charge in [-0.15, -0.1) is 11.3 Å². The minimum Gasteiger partial charge on any atom is -0.461 e. The number of nitrogens with one attached hydrogen (secondary N) is 1. The SMILES string of the molecule is CCOC(=O)c1cc2ccsc2n1CC(=O)Nc1ccc(F)c(F)c1. The Balaban J connectivity index is 1.84. The minimum absolute atomic E-state index is 0.135. The maximum Gasteiger partial charge on any atom is 0.355 e. The maximum absolute atomic E-state index is 13.2. The van der Waals surface area contributed by atoms with Gasteiger partial charge in [0.2, 0.25) is 5.91 Å². The average Bonchev–Trinajstić information content (AvgIpc) is 3.14. The van der Waals surface area contributed by atoms with Crippen LogP contribution in [-0.2, 0) is 16.1 Å². The molecule has 0 fully saturated rings. The minimum atomic E-state index is -1.05. The predicted molar refractivity (Wildman–Crippen MR) is 90.8 cm³/mol. The Bertz CT molecular complexity index is 949. The molecule has 1 aromatic carbocycles. The zero-order valence-corrected chi connectivity index (χ0v) is 14.0. The molecule has 130 valence electrons. The van der Waals surface area contributed by atoms with Gasteiger partial charge in [0.15, 0.2) is 11.6 Å². The highest BCUT2D eigenvalue weighted by Gasteiger charge is 2.19. The van der Waals surface area contributed by atoms with Gasteiger partial charge in [-0.2, -0.15) is 0 Å². The molecule has 0 aliphatic rings. The van der Waals surface area contributed by atoms with Crippen molar-refractivity contribution >= 4 is 39.1 Å². The van der Waals surface area contributed by atoms with Crippen LogP contribution in [0.4, 0.5) is 14.5 Å². The molecule has 0 saturated heterocycles. The van der Waals surface area contributed by atoms with Gasteiger partial charge in [0, 0.05) is 17.1 Å². The van der Waals surface area contributed by atoms with Gasteiger partial charge in [-0.1, -0.05) is 0 Å². The molecule has 0 radical (unpaired) electrons. The third kappa shape index (κ3) is 3.53. The molecular weight excluding hydrogens is 350 g/mol. The molecule has 2 aromatic heterocycles. The van der Waals surface area contributed by atoms with Crippen molar-refractivity contribution in [2.45, 2.75) is 13.5 Å². The Morgan fingerprint density at radius 1 is 1.20 bits per heavy atom. The number of thiophene rings is 1. The number of carbonyl (C=O) groups is 2. The number of halogens is 2. The summed E-state index contributed by atoms with van der Waals surface area (Å²) < 4.78 is 32.8. The van der Waals surface area contributed by atoms with Gasteiger partial charge in [0.1, 0.15) is 17.1 Å². The molecule has 25 heavy (non-hydrogen) atoms. The number of ether oxygens (including phenoxy) is 1. The number of nitrogens with zero attached hydrogens (tertiary/aromatic N) is 1. The molecule has 0 saturated carbocycles. The van der Waals surface area contributed by atoms with Gasteiger partial charge < -0.3 is 14.6 Å². The molecule has 1 N–H and O–H groups in total. The van der Waals surface area contributed by atoms with E-state index in [1.54, 1.807) is 17.6 Å². The smallest absolute Gasteiger partial charge is 0.355 e. The normalized spacial score (nSPS) is 10.8. The Labute approximate surface area is 145 Å². The van der Waals surface area contributed by atoms with Crippen LogP contribution in [0.3, 0.4) is 0 Å². The fourth-order valence-electron chi connectivity index (χ4n) is 2.42. The summed E-state index contributed by atoms with van der Waals surface area (Å²) in [7, 11) is 0. The van der Waals surface area contributed by atoms with Crippen LogP contribution in [0.2, 0.25) is 0 Å². The lowest BCUT2D eigenvalue weighted by Crippen LogP contribution is -2.22. The van der Waals surface area contributed by atoms with Crippen molar-refractivity contribution < 1.29 is 23.1 Å². The zero-order chi connectivity index (χ0) is 18.0. The van der Waals surface area contributed by atoms with E-state index >= 15 is 0 Å². The van der Waals surface area contributed by atoms with Crippen LogP contribution >= 0.6 is 11.3 Å². The first-order valence-corrected chi connectivity index (χ1v) is 8.36. The largest absolute Gasteiger partial charge is 0.461 e. The lowest BCUT2D eigenvalue weighted by atomic mass is 10.3. The molecule has 0 aliphatic carbocycles. The van der Waals surface area contributed by atoms with Crippen LogP contribution in [0, 0.1) is 11.6 Å². The van der Waals surface area contributed by atoms with Gasteiger partial charge in [-0.25, -0.2) is 13.6 Å². The quantitative estimate of drug-likeness (QED) is 0.701. The van der Waals surface area contributed by atoms with E-state index in [-0.39, 0.29) is 24.5 Å². The second kappa shape index (κ2) is 7.02. The van der Waals surface area contributed by atoms with Crippen LogP contribution in [0.25, 0.3) is 10.2 Å². The Kier molecular flexibility index (Phi) is 4.80. The van der Waals surface area contributed by atoms with Crippen molar-refractivity contribution in [3.8, 4) is 0 Å². The van der Waals surface area contributed by atoms with Crippen molar-refractivity contribution in [1.29, 1.82) is 0 Å². The van der Waals surface area contributed by atoms with Crippen molar-refractivity contribution in [3.63, 3.8) is 0 Å². The number of esters is 1. The number of anilines is 1. The summed E-state index contributed by atoms with van der Waals surface area (Å²) in [6.07, 6.45) is 0. The van der Waals surface area contributed by atoms with Crippen LogP contribution in [-0.4, -0.2) is 23.1 Å². The summed E-state index contributed by atoms with van der Waals surface area (Å²) in [6, 6.07) is 6.60. The van der Waals surface area contributed by atoms with Gasteiger partial charge in [0.05, 0.1) is 6.61 Å². The zero-order valence-electron chi connectivity index (χ0n) is 13.2. The van der Waals surface area contributed by atoms with Crippen molar-refractivity contribution in [2.75, 3.05) is 11.9 Å². The third-order valence-electron chi connectivity index (χ3n) is 3.49. The number of carbonyl (C=O) groups excluding carboxylic acids is 2. The summed E-state index contributed by atoms with van der Waals surface area (Å²) in [5, 5.41) is 5.17. The summed E-state index contributed by atoms with van der Waals surface area (Å²) in [4.78, 5) is 25.1. The number of hydrogen-bond donors (Lipinski definition) is 1.